The van der Waals surface area contributed by atoms with Crippen LogP contribution in [0.25, 0.3) is 0 Å². The van der Waals surface area contributed by atoms with Crippen molar-refractivity contribution in [2.45, 2.75) is 57.9 Å². The SMILES string of the molecule is Cc1nnsc1C(=O)N1CCC[C@@H]1C(=O)NCC1CCCCC1. The van der Waals surface area contributed by atoms with Crippen molar-refractivity contribution < 1.29 is 9.59 Å². The Hall–Kier alpha value is -1.50. The smallest absolute Gasteiger partial charge is 0.268 e. The predicted molar refractivity (Wildman–Crippen MR) is 88.3 cm³/mol. The first kappa shape index (κ1) is 16.4. The molecular formula is C16H24N4O2S. The van der Waals surface area contributed by atoms with Gasteiger partial charge in [-0.15, -0.1) is 5.10 Å². The topological polar surface area (TPSA) is 75.2 Å². The number of hydrogen-bond donors (Lipinski definition) is 1. The second kappa shape index (κ2) is 7.38. The summed E-state index contributed by atoms with van der Waals surface area (Å²) in [4.78, 5) is 27.4. The van der Waals surface area contributed by atoms with Crippen molar-refractivity contribution in [3.8, 4) is 0 Å². The number of nitrogens with one attached hydrogen (secondary N) is 1. The molecule has 1 saturated carbocycles. The van der Waals surface area contributed by atoms with Crippen LogP contribution in [0.5, 0.6) is 0 Å². The van der Waals surface area contributed by atoms with E-state index < -0.39 is 0 Å². The summed E-state index contributed by atoms with van der Waals surface area (Å²) in [6, 6.07) is -0.340. The maximum atomic E-state index is 12.6. The number of aryl methyl sites for hydroxylation is 1. The van der Waals surface area contributed by atoms with E-state index in [0.29, 0.717) is 23.0 Å². The number of hydrogen-bond acceptors (Lipinski definition) is 5. The number of aromatic nitrogens is 2. The van der Waals surface area contributed by atoms with Crippen molar-refractivity contribution in [2.24, 2.45) is 5.92 Å². The monoisotopic (exact) mass is 336 g/mol. The first-order valence-electron chi connectivity index (χ1n) is 8.54. The molecule has 3 rings (SSSR count). The third-order valence-corrected chi connectivity index (χ3v) is 5.77. The van der Waals surface area contributed by atoms with Gasteiger partial charge < -0.3 is 10.2 Å². The van der Waals surface area contributed by atoms with Crippen molar-refractivity contribution in [3.05, 3.63) is 10.6 Å². The highest BCUT2D eigenvalue weighted by Crippen LogP contribution is 2.24. The number of likely N-dealkylation sites (tertiary alicyclic amines) is 1. The van der Waals surface area contributed by atoms with E-state index in [1.165, 1.54) is 32.1 Å². The van der Waals surface area contributed by atoms with Gasteiger partial charge in [-0.05, 0) is 50.1 Å². The van der Waals surface area contributed by atoms with E-state index in [4.69, 9.17) is 0 Å². The van der Waals surface area contributed by atoms with Crippen molar-refractivity contribution in [1.29, 1.82) is 0 Å². The van der Waals surface area contributed by atoms with Crippen LogP contribution in [0, 0.1) is 12.8 Å². The molecule has 0 spiro atoms. The zero-order valence-corrected chi connectivity index (χ0v) is 14.4. The molecule has 6 nitrogen and oxygen atoms in total. The second-order valence-corrected chi connectivity index (χ2v) is 7.35. The molecule has 0 bridgehead atoms. The summed E-state index contributed by atoms with van der Waals surface area (Å²) in [5, 5.41) is 6.98. The molecule has 1 atom stereocenters. The van der Waals surface area contributed by atoms with E-state index in [9.17, 15) is 9.59 Å². The molecule has 2 aliphatic rings. The van der Waals surface area contributed by atoms with E-state index in [0.717, 1.165) is 30.9 Å². The predicted octanol–water partition coefficient (Wildman–Crippen LogP) is 2.15. The third-order valence-electron chi connectivity index (χ3n) is 4.95. The van der Waals surface area contributed by atoms with Crippen LogP contribution in [0.4, 0.5) is 0 Å². The van der Waals surface area contributed by atoms with Crippen LogP contribution in [-0.2, 0) is 4.79 Å². The van der Waals surface area contributed by atoms with Gasteiger partial charge in [0.05, 0.1) is 5.69 Å². The number of amides is 2. The Balaban J connectivity index is 1.58. The van der Waals surface area contributed by atoms with Crippen molar-refractivity contribution in [1.82, 2.24) is 19.8 Å². The Kier molecular flexibility index (Phi) is 5.25. The fourth-order valence-electron chi connectivity index (χ4n) is 3.59. The van der Waals surface area contributed by atoms with Gasteiger partial charge in [-0.25, -0.2) is 0 Å². The average Bonchev–Trinajstić information content (AvgIpc) is 3.22. The fraction of sp³-hybridized carbons (Fsp3) is 0.750. The van der Waals surface area contributed by atoms with Crippen molar-refractivity contribution in [3.63, 3.8) is 0 Å². The van der Waals surface area contributed by atoms with Crippen LogP contribution < -0.4 is 5.32 Å². The summed E-state index contributed by atoms with van der Waals surface area (Å²) in [5.41, 5.74) is 0.647. The molecule has 0 radical (unpaired) electrons. The second-order valence-electron chi connectivity index (χ2n) is 6.59. The summed E-state index contributed by atoms with van der Waals surface area (Å²) in [6.07, 6.45) is 7.89. The van der Waals surface area contributed by atoms with Gasteiger partial charge in [0.25, 0.3) is 5.91 Å². The number of rotatable bonds is 4. The van der Waals surface area contributed by atoms with Gasteiger partial charge >= 0.3 is 0 Å². The van der Waals surface area contributed by atoms with E-state index in [-0.39, 0.29) is 17.9 Å². The van der Waals surface area contributed by atoms with Gasteiger partial charge in [0.2, 0.25) is 5.91 Å². The summed E-state index contributed by atoms with van der Waals surface area (Å²) < 4.78 is 3.83. The van der Waals surface area contributed by atoms with Gasteiger partial charge in [0.1, 0.15) is 10.9 Å². The third kappa shape index (κ3) is 3.71. The molecule has 126 valence electrons. The first-order valence-corrected chi connectivity index (χ1v) is 9.32. The minimum atomic E-state index is -0.340. The molecule has 0 aromatic carbocycles. The lowest BCUT2D eigenvalue weighted by Gasteiger charge is -2.26. The Labute approximate surface area is 140 Å². The summed E-state index contributed by atoms with van der Waals surface area (Å²) in [5.74, 6) is 0.496. The van der Waals surface area contributed by atoms with Crippen LogP contribution >= 0.6 is 11.5 Å². The van der Waals surface area contributed by atoms with E-state index in [1.54, 1.807) is 11.8 Å². The van der Waals surface area contributed by atoms with Crippen LogP contribution in [0.2, 0.25) is 0 Å². The van der Waals surface area contributed by atoms with Crippen LogP contribution in [-0.4, -0.2) is 45.4 Å². The standard InChI is InChI=1S/C16H24N4O2S/c1-11-14(23-19-18-11)16(22)20-9-5-8-13(20)15(21)17-10-12-6-3-2-4-7-12/h12-13H,2-10H2,1H3,(H,17,21)/t13-/m1/s1. The molecule has 1 saturated heterocycles. The van der Waals surface area contributed by atoms with Gasteiger partial charge in [0, 0.05) is 13.1 Å². The van der Waals surface area contributed by atoms with E-state index in [1.807, 2.05) is 0 Å². The minimum absolute atomic E-state index is 0.00319. The zero-order chi connectivity index (χ0) is 16.2. The van der Waals surface area contributed by atoms with Crippen LogP contribution in [0.3, 0.4) is 0 Å². The molecule has 23 heavy (non-hydrogen) atoms. The fourth-order valence-corrected chi connectivity index (χ4v) is 4.21. The minimum Gasteiger partial charge on any atom is -0.354 e. The highest BCUT2D eigenvalue weighted by atomic mass is 32.1. The summed E-state index contributed by atoms with van der Waals surface area (Å²) >= 11 is 1.11. The van der Waals surface area contributed by atoms with Gasteiger partial charge in [0.15, 0.2) is 0 Å². The molecule has 1 aromatic rings. The van der Waals surface area contributed by atoms with Gasteiger partial charge in [-0.3, -0.25) is 9.59 Å². The maximum absolute atomic E-state index is 12.6. The molecular weight excluding hydrogens is 312 g/mol. The van der Waals surface area contributed by atoms with Crippen molar-refractivity contribution >= 4 is 23.3 Å². The lowest BCUT2D eigenvalue weighted by molar-refractivity contribution is -0.125. The molecule has 2 heterocycles. The van der Waals surface area contributed by atoms with Gasteiger partial charge in [-0.1, -0.05) is 23.8 Å². The zero-order valence-electron chi connectivity index (χ0n) is 13.6. The Morgan fingerprint density at radius 3 is 2.70 bits per heavy atom. The largest absolute Gasteiger partial charge is 0.354 e. The normalized spacial score (nSPS) is 22.3. The van der Waals surface area contributed by atoms with E-state index >= 15 is 0 Å². The molecule has 1 aromatic heterocycles. The highest BCUT2D eigenvalue weighted by Gasteiger charge is 2.36. The molecule has 2 fully saturated rings. The highest BCUT2D eigenvalue weighted by molar-refractivity contribution is 7.07. The maximum Gasteiger partial charge on any atom is 0.268 e. The quantitative estimate of drug-likeness (QED) is 0.914. The van der Waals surface area contributed by atoms with Gasteiger partial charge in [-0.2, -0.15) is 0 Å². The van der Waals surface area contributed by atoms with Crippen LogP contribution in [0.15, 0.2) is 0 Å². The molecule has 0 unspecified atom stereocenters. The number of nitrogens with zero attached hydrogens (tertiary/aromatic N) is 3. The summed E-state index contributed by atoms with van der Waals surface area (Å²) in [7, 11) is 0. The molecule has 1 aliphatic heterocycles. The molecule has 1 N–H and O–H groups in total. The Morgan fingerprint density at radius 1 is 1.22 bits per heavy atom. The molecule has 1 aliphatic carbocycles. The first-order chi connectivity index (χ1) is 11.2. The lowest BCUT2D eigenvalue weighted by Crippen LogP contribution is -2.47. The van der Waals surface area contributed by atoms with E-state index in [2.05, 4.69) is 14.9 Å². The van der Waals surface area contributed by atoms with Crippen LogP contribution in [0.1, 0.15) is 60.3 Å². The Bertz CT molecular complexity index is 568. The molecule has 7 heteroatoms. The molecule has 2 amide bonds. The summed E-state index contributed by atoms with van der Waals surface area (Å²) in [6.45, 7) is 3.17. The number of carbonyl (C=O) groups excluding carboxylic acids is 2. The lowest BCUT2D eigenvalue weighted by atomic mass is 9.89. The average molecular weight is 336 g/mol. The van der Waals surface area contributed by atoms with Crippen molar-refractivity contribution in [2.75, 3.05) is 13.1 Å². The Morgan fingerprint density at radius 2 is 2.00 bits per heavy atom. The number of carbonyl (C=O) groups is 2.